The summed E-state index contributed by atoms with van der Waals surface area (Å²) in [6.45, 7) is 4.51. The van der Waals surface area contributed by atoms with Gasteiger partial charge in [0.25, 0.3) is 0 Å². The van der Waals surface area contributed by atoms with Gasteiger partial charge in [-0.3, -0.25) is 4.79 Å². The summed E-state index contributed by atoms with van der Waals surface area (Å²) in [7, 11) is 0. The second kappa shape index (κ2) is 8.23. The van der Waals surface area contributed by atoms with Gasteiger partial charge in [0.1, 0.15) is 18.1 Å². The first-order valence-electron chi connectivity index (χ1n) is 7.71. The smallest absolute Gasteiger partial charge is 0.314 e. The highest BCUT2D eigenvalue weighted by atomic mass is 16.5. The molecule has 0 bridgehead atoms. The minimum absolute atomic E-state index is 0.0333. The van der Waals surface area contributed by atoms with Crippen LogP contribution in [-0.2, 0) is 11.4 Å². The number of hydrogen-bond donors (Lipinski definition) is 0. The first-order valence-corrected chi connectivity index (χ1v) is 7.71. The molecule has 2 aromatic carbocycles. The molecule has 3 heteroatoms. The summed E-state index contributed by atoms with van der Waals surface area (Å²) in [5.41, 5.74) is 1.12. The van der Waals surface area contributed by atoms with Gasteiger partial charge >= 0.3 is 5.97 Å². The maximum atomic E-state index is 11.9. The third-order valence-electron chi connectivity index (χ3n) is 3.61. The first-order chi connectivity index (χ1) is 10.7. The van der Waals surface area contributed by atoms with Crippen molar-refractivity contribution >= 4 is 5.97 Å². The van der Waals surface area contributed by atoms with E-state index in [1.54, 1.807) is 12.1 Å². The third kappa shape index (κ3) is 4.62. The fourth-order valence-corrected chi connectivity index (χ4v) is 2.17. The van der Waals surface area contributed by atoms with Crippen LogP contribution in [0.1, 0.15) is 32.3 Å². The lowest BCUT2D eigenvalue weighted by molar-refractivity contribution is -0.139. The van der Waals surface area contributed by atoms with Crippen LogP contribution in [0.25, 0.3) is 0 Å². The Hall–Kier alpha value is -2.29. The minimum Gasteiger partial charge on any atom is -0.489 e. The van der Waals surface area contributed by atoms with Crippen molar-refractivity contribution in [3.05, 3.63) is 60.2 Å². The van der Waals surface area contributed by atoms with Crippen molar-refractivity contribution in [1.82, 2.24) is 0 Å². The molecule has 0 saturated carbocycles. The molecule has 0 saturated heterocycles. The fraction of sp³-hybridized carbons (Fsp3) is 0.316. The van der Waals surface area contributed by atoms with E-state index in [1.807, 2.05) is 56.3 Å². The Labute approximate surface area is 131 Å². The second-order valence-electron chi connectivity index (χ2n) is 5.18. The molecule has 0 fully saturated rings. The van der Waals surface area contributed by atoms with E-state index in [0.717, 1.165) is 24.2 Å². The van der Waals surface area contributed by atoms with E-state index in [0.29, 0.717) is 12.4 Å². The molecule has 0 heterocycles. The average Bonchev–Trinajstić information content (AvgIpc) is 2.56. The molecule has 0 aliphatic rings. The quantitative estimate of drug-likeness (QED) is 0.553. The number of benzene rings is 2. The summed E-state index contributed by atoms with van der Waals surface area (Å²) in [5, 5.41) is 0. The van der Waals surface area contributed by atoms with Crippen molar-refractivity contribution in [2.24, 2.45) is 5.92 Å². The highest BCUT2D eigenvalue weighted by Crippen LogP contribution is 2.20. The first kappa shape index (κ1) is 16.1. The second-order valence-corrected chi connectivity index (χ2v) is 5.18. The van der Waals surface area contributed by atoms with E-state index in [9.17, 15) is 4.79 Å². The van der Waals surface area contributed by atoms with Crippen molar-refractivity contribution in [1.29, 1.82) is 0 Å². The number of hydrogen-bond acceptors (Lipinski definition) is 3. The predicted molar refractivity (Wildman–Crippen MR) is 86.9 cm³/mol. The molecule has 0 radical (unpaired) electrons. The number of carbonyl (C=O) groups is 1. The standard InChI is InChI=1S/C19H22O3/c1-3-16(4-2)19(20)22-18-12-10-17(11-13-18)21-14-15-8-6-5-7-9-15/h5-13,16H,3-4,14H2,1-2H3. The Morgan fingerprint density at radius 1 is 0.909 bits per heavy atom. The fourth-order valence-electron chi connectivity index (χ4n) is 2.17. The maximum Gasteiger partial charge on any atom is 0.314 e. The summed E-state index contributed by atoms with van der Waals surface area (Å²) in [4.78, 5) is 11.9. The molecule has 0 atom stereocenters. The Bertz CT molecular complexity index is 571. The lowest BCUT2D eigenvalue weighted by Crippen LogP contribution is -2.19. The van der Waals surface area contributed by atoms with E-state index in [-0.39, 0.29) is 11.9 Å². The molecule has 2 aromatic rings. The van der Waals surface area contributed by atoms with Crippen molar-refractivity contribution in [3.63, 3.8) is 0 Å². The van der Waals surface area contributed by atoms with Gasteiger partial charge in [-0.05, 0) is 42.7 Å². The van der Waals surface area contributed by atoms with Crippen molar-refractivity contribution < 1.29 is 14.3 Å². The predicted octanol–water partition coefficient (Wildman–Crippen LogP) is 4.61. The highest BCUT2D eigenvalue weighted by molar-refractivity contribution is 5.75. The summed E-state index contributed by atoms with van der Waals surface area (Å²) in [5.74, 6) is 1.12. The van der Waals surface area contributed by atoms with Crippen LogP contribution >= 0.6 is 0 Å². The zero-order valence-electron chi connectivity index (χ0n) is 13.1. The normalized spacial score (nSPS) is 10.5. The van der Waals surface area contributed by atoms with Crippen molar-refractivity contribution in [2.45, 2.75) is 33.3 Å². The Balaban J connectivity index is 1.89. The molecular weight excluding hydrogens is 276 g/mol. The van der Waals surface area contributed by atoms with Crippen LogP contribution in [0.15, 0.2) is 54.6 Å². The van der Waals surface area contributed by atoms with Crippen LogP contribution in [0, 0.1) is 5.92 Å². The maximum absolute atomic E-state index is 11.9. The van der Waals surface area contributed by atoms with E-state index in [2.05, 4.69) is 0 Å². The molecule has 0 aliphatic heterocycles. The molecule has 0 aromatic heterocycles. The lowest BCUT2D eigenvalue weighted by Gasteiger charge is -2.12. The van der Waals surface area contributed by atoms with Gasteiger partial charge in [-0.15, -0.1) is 0 Å². The number of esters is 1. The highest BCUT2D eigenvalue weighted by Gasteiger charge is 2.16. The topological polar surface area (TPSA) is 35.5 Å². The van der Waals surface area contributed by atoms with Gasteiger partial charge in [-0.2, -0.15) is 0 Å². The number of rotatable bonds is 7. The monoisotopic (exact) mass is 298 g/mol. The van der Waals surface area contributed by atoms with Crippen molar-refractivity contribution in [3.8, 4) is 11.5 Å². The molecule has 0 unspecified atom stereocenters. The Morgan fingerprint density at radius 3 is 2.09 bits per heavy atom. The van der Waals surface area contributed by atoms with Crippen LogP contribution in [-0.4, -0.2) is 5.97 Å². The summed E-state index contributed by atoms with van der Waals surface area (Å²) in [6, 6.07) is 17.2. The van der Waals surface area contributed by atoms with Crippen LogP contribution < -0.4 is 9.47 Å². The van der Waals surface area contributed by atoms with E-state index < -0.39 is 0 Å². The zero-order valence-corrected chi connectivity index (χ0v) is 13.1. The van der Waals surface area contributed by atoms with Crippen LogP contribution in [0.3, 0.4) is 0 Å². The van der Waals surface area contributed by atoms with Gasteiger partial charge in [-0.25, -0.2) is 0 Å². The Morgan fingerprint density at radius 2 is 1.50 bits per heavy atom. The summed E-state index contributed by atoms with van der Waals surface area (Å²) >= 11 is 0. The van der Waals surface area contributed by atoms with Gasteiger partial charge in [0.15, 0.2) is 0 Å². The third-order valence-corrected chi connectivity index (χ3v) is 3.61. The van der Waals surface area contributed by atoms with Crippen molar-refractivity contribution in [2.75, 3.05) is 0 Å². The molecule has 3 nitrogen and oxygen atoms in total. The van der Waals surface area contributed by atoms with E-state index >= 15 is 0 Å². The van der Waals surface area contributed by atoms with E-state index in [4.69, 9.17) is 9.47 Å². The molecule has 0 spiro atoms. The molecule has 0 amide bonds. The SMILES string of the molecule is CCC(CC)C(=O)Oc1ccc(OCc2ccccc2)cc1. The van der Waals surface area contributed by atoms with Gasteiger partial charge in [0.05, 0.1) is 5.92 Å². The molecule has 0 aliphatic carbocycles. The molecule has 116 valence electrons. The lowest BCUT2D eigenvalue weighted by atomic mass is 10.0. The van der Waals surface area contributed by atoms with Gasteiger partial charge in [0.2, 0.25) is 0 Å². The molecule has 0 N–H and O–H groups in total. The largest absolute Gasteiger partial charge is 0.489 e. The zero-order chi connectivity index (χ0) is 15.8. The minimum atomic E-state index is -0.164. The number of ether oxygens (including phenoxy) is 2. The van der Waals surface area contributed by atoms with Gasteiger partial charge < -0.3 is 9.47 Å². The summed E-state index contributed by atoms with van der Waals surface area (Å²) < 4.78 is 11.1. The summed E-state index contributed by atoms with van der Waals surface area (Å²) in [6.07, 6.45) is 1.60. The molecule has 2 rings (SSSR count). The van der Waals surface area contributed by atoms with Gasteiger partial charge in [0, 0.05) is 0 Å². The van der Waals surface area contributed by atoms with Crippen LogP contribution in [0.5, 0.6) is 11.5 Å². The molecular formula is C19H22O3. The van der Waals surface area contributed by atoms with E-state index in [1.165, 1.54) is 0 Å². The van der Waals surface area contributed by atoms with Gasteiger partial charge in [-0.1, -0.05) is 44.2 Å². The Kier molecular flexibility index (Phi) is 6.01. The van der Waals surface area contributed by atoms with Crippen LogP contribution in [0.2, 0.25) is 0 Å². The average molecular weight is 298 g/mol. The van der Waals surface area contributed by atoms with Crippen LogP contribution in [0.4, 0.5) is 0 Å². The number of carbonyl (C=O) groups excluding carboxylic acids is 1. The molecule has 22 heavy (non-hydrogen) atoms.